The highest BCUT2D eigenvalue weighted by Gasteiger charge is 2.09. The predicted octanol–water partition coefficient (Wildman–Crippen LogP) is 4.88. The lowest BCUT2D eigenvalue weighted by atomic mass is 10.1. The van der Waals surface area contributed by atoms with E-state index in [2.05, 4.69) is 16.9 Å². The molecule has 0 saturated heterocycles. The van der Waals surface area contributed by atoms with Crippen LogP contribution in [0.3, 0.4) is 0 Å². The van der Waals surface area contributed by atoms with Crippen LogP contribution in [-0.4, -0.2) is 31.7 Å². The average molecular weight is 415 g/mol. The first-order valence-corrected chi connectivity index (χ1v) is 9.99. The van der Waals surface area contributed by atoms with Gasteiger partial charge in [0.15, 0.2) is 0 Å². The van der Waals surface area contributed by atoms with Gasteiger partial charge in [-0.2, -0.15) is 0 Å². The summed E-state index contributed by atoms with van der Waals surface area (Å²) in [6.45, 7) is 4.36. The van der Waals surface area contributed by atoms with Crippen molar-refractivity contribution in [3.05, 3.63) is 95.3 Å². The Morgan fingerprint density at radius 1 is 1.00 bits per heavy atom. The minimum atomic E-state index is -0.0963. The van der Waals surface area contributed by atoms with Gasteiger partial charge >= 0.3 is 0 Å². The maximum absolute atomic E-state index is 12.3. The Kier molecular flexibility index (Phi) is 7.60. The zero-order valence-corrected chi connectivity index (χ0v) is 17.8. The lowest BCUT2D eigenvalue weighted by molar-refractivity contribution is 0.0954. The Balaban J connectivity index is 1.63. The molecule has 0 fully saturated rings. The Morgan fingerprint density at radius 2 is 1.68 bits per heavy atom. The van der Waals surface area contributed by atoms with E-state index in [9.17, 15) is 4.79 Å². The molecule has 31 heavy (non-hydrogen) atoms. The number of nitrogens with one attached hydrogen (secondary N) is 1. The number of pyridine rings is 1. The summed E-state index contributed by atoms with van der Waals surface area (Å²) in [5, 5.41) is 2.93. The SMILES string of the molecule is C=Cc1c(OC)cc(/C=C/c2ccc(C(=O)NCCc3ccccn3)cc2)cc1OC. The molecule has 0 unspecified atom stereocenters. The summed E-state index contributed by atoms with van der Waals surface area (Å²) in [6, 6.07) is 17.1. The number of aromatic nitrogens is 1. The number of carbonyl (C=O) groups excluding carboxylic acids is 1. The quantitative estimate of drug-likeness (QED) is 0.507. The number of ether oxygens (including phenoxy) is 2. The van der Waals surface area contributed by atoms with Crippen LogP contribution >= 0.6 is 0 Å². The van der Waals surface area contributed by atoms with E-state index in [-0.39, 0.29) is 5.91 Å². The van der Waals surface area contributed by atoms with Crippen LogP contribution in [0, 0.1) is 0 Å². The van der Waals surface area contributed by atoms with Crippen LogP contribution in [-0.2, 0) is 6.42 Å². The normalized spacial score (nSPS) is 10.6. The predicted molar refractivity (Wildman–Crippen MR) is 125 cm³/mol. The monoisotopic (exact) mass is 414 g/mol. The molecule has 5 heteroatoms. The Labute approximate surface area is 183 Å². The molecule has 3 rings (SSSR count). The molecule has 5 nitrogen and oxygen atoms in total. The Hall–Kier alpha value is -3.86. The van der Waals surface area contributed by atoms with Crippen molar-refractivity contribution < 1.29 is 14.3 Å². The van der Waals surface area contributed by atoms with Crippen molar-refractivity contribution in [2.24, 2.45) is 0 Å². The summed E-state index contributed by atoms with van der Waals surface area (Å²) in [7, 11) is 3.24. The second-order valence-electron chi connectivity index (χ2n) is 6.83. The minimum Gasteiger partial charge on any atom is -0.496 e. The van der Waals surface area contributed by atoms with Crippen LogP contribution in [0.1, 0.15) is 32.7 Å². The fraction of sp³-hybridized carbons (Fsp3) is 0.154. The first-order valence-electron chi connectivity index (χ1n) is 9.99. The number of carbonyl (C=O) groups is 1. The van der Waals surface area contributed by atoms with Gasteiger partial charge in [-0.15, -0.1) is 0 Å². The van der Waals surface area contributed by atoms with Gasteiger partial charge in [-0.1, -0.05) is 43.0 Å². The molecule has 2 aromatic carbocycles. The highest BCUT2D eigenvalue weighted by molar-refractivity contribution is 5.94. The van der Waals surface area contributed by atoms with Gasteiger partial charge in [-0.25, -0.2) is 0 Å². The Bertz CT molecular complexity index is 1030. The number of amides is 1. The van der Waals surface area contributed by atoms with E-state index in [0.717, 1.165) is 22.4 Å². The highest BCUT2D eigenvalue weighted by Crippen LogP contribution is 2.32. The van der Waals surface area contributed by atoms with Crippen LogP contribution in [0.5, 0.6) is 11.5 Å². The van der Waals surface area contributed by atoms with E-state index in [1.54, 1.807) is 26.5 Å². The summed E-state index contributed by atoms with van der Waals surface area (Å²) < 4.78 is 10.9. The largest absolute Gasteiger partial charge is 0.496 e. The molecule has 0 radical (unpaired) electrons. The molecule has 0 atom stereocenters. The summed E-state index contributed by atoms with van der Waals surface area (Å²) >= 11 is 0. The van der Waals surface area contributed by atoms with Gasteiger partial charge in [0, 0.05) is 30.4 Å². The molecule has 0 aliphatic carbocycles. The van der Waals surface area contributed by atoms with Crippen molar-refractivity contribution >= 4 is 24.1 Å². The number of hydrogen-bond donors (Lipinski definition) is 1. The molecule has 1 aromatic heterocycles. The molecular formula is C26H26N2O3. The number of rotatable bonds is 9. The highest BCUT2D eigenvalue weighted by atomic mass is 16.5. The Morgan fingerprint density at radius 3 is 2.26 bits per heavy atom. The molecule has 0 aliphatic rings. The zero-order valence-electron chi connectivity index (χ0n) is 17.8. The number of benzene rings is 2. The van der Waals surface area contributed by atoms with Gasteiger partial charge in [0.05, 0.1) is 19.8 Å². The third-order valence-corrected chi connectivity index (χ3v) is 4.80. The molecule has 0 bridgehead atoms. The van der Waals surface area contributed by atoms with E-state index in [1.807, 2.05) is 66.7 Å². The summed E-state index contributed by atoms with van der Waals surface area (Å²) in [6.07, 6.45) is 8.12. The first kappa shape index (κ1) is 21.8. The standard InChI is InChI=1S/C26H26N2O3/c1-4-23-24(30-2)17-20(18-25(23)31-3)9-8-19-10-12-21(13-11-19)26(29)28-16-14-22-7-5-6-15-27-22/h4-13,15,17-18H,1,14,16H2,2-3H3,(H,28,29)/b9-8+. The van der Waals surface area contributed by atoms with Crippen molar-refractivity contribution in [1.82, 2.24) is 10.3 Å². The minimum absolute atomic E-state index is 0.0963. The van der Waals surface area contributed by atoms with E-state index >= 15 is 0 Å². The van der Waals surface area contributed by atoms with Gasteiger partial charge < -0.3 is 14.8 Å². The van der Waals surface area contributed by atoms with E-state index in [0.29, 0.717) is 30.0 Å². The molecule has 1 heterocycles. The van der Waals surface area contributed by atoms with Crippen molar-refractivity contribution in [3.63, 3.8) is 0 Å². The van der Waals surface area contributed by atoms with Crippen molar-refractivity contribution in [1.29, 1.82) is 0 Å². The average Bonchev–Trinajstić information content (AvgIpc) is 2.82. The maximum atomic E-state index is 12.3. The van der Waals surface area contributed by atoms with E-state index < -0.39 is 0 Å². The fourth-order valence-electron chi connectivity index (χ4n) is 3.15. The molecule has 1 N–H and O–H groups in total. The topological polar surface area (TPSA) is 60.5 Å². The van der Waals surface area contributed by atoms with Gasteiger partial charge in [0.25, 0.3) is 5.91 Å². The van der Waals surface area contributed by atoms with Gasteiger partial charge in [0.2, 0.25) is 0 Å². The van der Waals surface area contributed by atoms with Crippen molar-refractivity contribution in [2.75, 3.05) is 20.8 Å². The van der Waals surface area contributed by atoms with Crippen LogP contribution in [0.15, 0.2) is 67.4 Å². The lowest BCUT2D eigenvalue weighted by Crippen LogP contribution is -2.25. The molecule has 0 aliphatic heterocycles. The van der Waals surface area contributed by atoms with Crippen LogP contribution in [0.4, 0.5) is 0 Å². The molecule has 158 valence electrons. The van der Waals surface area contributed by atoms with Crippen LogP contribution in [0.25, 0.3) is 18.2 Å². The summed E-state index contributed by atoms with van der Waals surface area (Å²) in [4.78, 5) is 16.6. The van der Waals surface area contributed by atoms with Gasteiger partial charge in [-0.05, 0) is 47.5 Å². The van der Waals surface area contributed by atoms with Crippen LogP contribution < -0.4 is 14.8 Å². The van der Waals surface area contributed by atoms with E-state index in [1.165, 1.54) is 0 Å². The van der Waals surface area contributed by atoms with Crippen molar-refractivity contribution in [3.8, 4) is 11.5 Å². The molecule has 3 aromatic rings. The molecule has 1 amide bonds. The third-order valence-electron chi connectivity index (χ3n) is 4.80. The molecular weight excluding hydrogens is 388 g/mol. The second-order valence-corrected chi connectivity index (χ2v) is 6.83. The molecule has 0 saturated carbocycles. The zero-order chi connectivity index (χ0) is 22.1. The van der Waals surface area contributed by atoms with Gasteiger partial charge in [-0.3, -0.25) is 9.78 Å². The number of methoxy groups -OCH3 is 2. The maximum Gasteiger partial charge on any atom is 0.251 e. The lowest BCUT2D eigenvalue weighted by Gasteiger charge is -2.11. The third kappa shape index (κ3) is 5.82. The van der Waals surface area contributed by atoms with Gasteiger partial charge in [0.1, 0.15) is 11.5 Å². The van der Waals surface area contributed by atoms with Crippen LogP contribution in [0.2, 0.25) is 0 Å². The molecule has 0 spiro atoms. The summed E-state index contributed by atoms with van der Waals surface area (Å²) in [5.41, 5.74) is 4.32. The number of hydrogen-bond acceptors (Lipinski definition) is 4. The van der Waals surface area contributed by atoms with E-state index in [4.69, 9.17) is 9.47 Å². The fourth-order valence-corrected chi connectivity index (χ4v) is 3.15. The van der Waals surface area contributed by atoms with Crippen molar-refractivity contribution in [2.45, 2.75) is 6.42 Å². The second kappa shape index (κ2) is 10.8. The number of nitrogens with zero attached hydrogens (tertiary/aromatic N) is 1. The first-order chi connectivity index (χ1) is 15.1. The smallest absolute Gasteiger partial charge is 0.251 e. The summed E-state index contributed by atoms with van der Waals surface area (Å²) in [5.74, 6) is 1.30.